The molecule has 0 fully saturated rings. The molecule has 0 aliphatic heterocycles. The number of nitrogens with two attached hydrogens (primary N) is 1. The minimum absolute atomic E-state index is 0.0237. The summed E-state index contributed by atoms with van der Waals surface area (Å²) in [4.78, 5) is 2.29. The topological polar surface area (TPSA) is 29.3 Å². The predicted octanol–water partition coefficient (Wildman–Crippen LogP) is 2.01. The standard InChI is InChI=1S/C11H24N2/c1-10(2)9-13(5)8-6-7-11(3,4)12/h1,6-9,12H2,2-5H3. The van der Waals surface area contributed by atoms with Gasteiger partial charge < -0.3 is 10.6 Å². The Balaban J connectivity index is 3.48. The van der Waals surface area contributed by atoms with Gasteiger partial charge in [0.1, 0.15) is 0 Å². The van der Waals surface area contributed by atoms with Gasteiger partial charge in [0.05, 0.1) is 0 Å². The molecule has 0 aromatic rings. The molecule has 2 N–H and O–H groups in total. The van der Waals surface area contributed by atoms with E-state index in [4.69, 9.17) is 5.73 Å². The van der Waals surface area contributed by atoms with Gasteiger partial charge in [0.15, 0.2) is 0 Å². The lowest BCUT2D eigenvalue weighted by Gasteiger charge is -2.21. The summed E-state index contributed by atoms with van der Waals surface area (Å²) in [6, 6.07) is 0. The van der Waals surface area contributed by atoms with E-state index in [1.165, 1.54) is 5.57 Å². The highest BCUT2D eigenvalue weighted by molar-refractivity contribution is 4.91. The molecule has 0 saturated carbocycles. The predicted molar refractivity (Wildman–Crippen MR) is 59.8 cm³/mol. The van der Waals surface area contributed by atoms with Crippen LogP contribution in [-0.2, 0) is 0 Å². The highest BCUT2D eigenvalue weighted by Crippen LogP contribution is 2.07. The van der Waals surface area contributed by atoms with Crippen LogP contribution in [-0.4, -0.2) is 30.6 Å². The van der Waals surface area contributed by atoms with Crippen molar-refractivity contribution >= 4 is 0 Å². The molecule has 0 saturated heterocycles. The van der Waals surface area contributed by atoms with Crippen LogP contribution in [0.3, 0.4) is 0 Å². The molecule has 0 spiro atoms. The van der Waals surface area contributed by atoms with E-state index < -0.39 is 0 Å². The van der Waals surface area contributed by atoms with Crippen LogP contribution < -0.4 is 5.73 Å². The molecule has 0 aromatic carbocycles. The Bertz CT molecular complexity index is 156. The highest BCUT2D eigenvalue weighted by Gasteiger charge is 2.10. The number of hydrogen-bond donors (Lipinski definition) is 1. The summed E-state index contributed by atoms with van der Waals surface area (Å²) >= 11 is 0. The summed E-state index contributed by atoms with van der Waals surface area (Å²) in [5, 5.41) is 0. The lowest BCUT2D eigenvalue weighted by Crippen LogP contribution is -2.33. The third-order valence-electron chi connectivity index (χ3n) is 1.90. The Kier molecular flexibility index (Phi) is 5.26. The molecule has 0 aliphatic carbocycles. The van der Waals surface area contributed by atoms with Crippen molar-refractivity contribution in [1.29, 1.82) is 0 Å². The molecule has 13 heavy (non-hydrogen) atoms. The fourth-order valence-corrected chi connectivity index (χ4v) is 1.34. The zero-order valence-corrected chi connectivity index (χ0v) is 9.56. The van der Waals surface area contributed by atoms with E-state index in [1.54, 1.807) is 0 Å². The molecule has 0 atom stereocenters. The van der Waals surface area contributed by atoms with Crippen molar-refractivity contribution in [1.82, 2.24) is 4.90 Å². The van der Waals surface area contributed by atoms with Crippen molar-refractivity contribution in [2.24, 2.45) is 5.73 Å². The van der Waals surface area contributed by atoms with E-state index >= 15 is 0 Å². The van der Waals surface area contributed by atoms with Crippen molar-refractivity contribution < 1.29 is 0 Å². The molecule has 0 aliphatic rings. The van der Waals surface area contributed by atoms with E-state index in [0.717, 1.165) is 25.9 Å². The summed E-state index contributed by atoms with van der Waals surface area (Å²) in [5.41, 5.74) is 7.08. The van der Waals surface area contributed by atoms with Gasteiger partial charge in [0, 0.05) is 12.1 Å². The Morgan fingerprint density at radius 2 is 2.00 bits per heavy atom. The van der Waals surface area contributed by atoms with Gasteiger partial charge in [-0.15, -0.1) is 0 Å². The monoisotopic (exact) mass is 184 g/mol. The fraction of sp³-hybridized carbons (Fsp3) is 0.818. The summed E-state index contributed by atoms with van der Waals surface area (Å²) in [6.45, 7) is 12.2. The first-order valence-electron chi connectivity index (χ1n) is 4.93. The molecule has 0 heterocycles. The SMILES string of the molecule is C=C(C)CN(C)CCCC(C)(C)N. The van der Waals surface area contributed by atoms with Crippen LogP contribution in [0.1, 0.15) is 33.6 Å². The first kappa shape index (κ1) is 12.7. The second-order valence-corrected chi connectivity index (χ2v) is 4.79. The van der Waals surface area contributed by atoms with Gasteiger partial charge in [-0.1, -0.05) is 12.2 Å². The van der Waals surface area contributed by atoms with Crippen LogP contribution in [0.5, 0.6) is 0 Å². The summed E-state index contributed by atoms with van der Waals surface area (Å²) in [5.74, 6) is 0. The lowest BCUT2D eigenvalue weighted by atomic mass is 10.00. The number of likely N-dealkylation sites (N-methyl/N-ethyl adjacent to an activating group) is 1. The van der Waals surface area contributed by atoms with Crippen molar-refractivity contribution in [2.75, 3.05) is 20.1 Å². The van der Waals surface area contributed by atoms with Gasteiger partial charge in [0.2, 0.25) is 0 Å². The van der Waals surface area contributed by atoms with Gasteiger partial charge in [-0.3, -0.25) is 0 Å². The maximum absolute atomic E-state index is 5.89. The molecule has 0 bridgehead atoms. The van der Waals surface area contributed by atoms with Crippen LogP contribution in [0.15, 0.2) is 12.2 Å². The molecular weight excluding hydrogens is 160 g/mol. The fourth-order valence-electron chi connectivity index (χ4n) is 1.34. The summed E-state index contributed by atoms with van der Waals surface area (Å²) < 4.78 is 0. The zero-order chi connectivity index (χ0) is 10.5. The second-order valence-electron chi connectivity index (χ2n) is 4.79. The molecular formula is C11H24N2. The number of nitrogens with zero attached hydrogens (tertiary/aromatic N) is 1. The van der Waals surface area contributed by atoms with Crippen LogP contribution >= 0.6 is 0 Å². The van der Waals surface area contributed by atoms with Gasteiger partial charge >= 0.3 is 0 Å². The second kappa shape index (κ2) is 5.40. The Hall–Kier alpha value is -0.340. The van der Waals surface area contributed by atoms with Crippen LogP contribution in [0, 0.1) is 0 Å². The Labute approximate surface area is 82.8 Å². The quantitative estimate of drug-likeness (QED) is 0.640. The van der Waals surface area contributed by atoms with E-state index in [-0.39, 0.29) is 5.54 Å². The van der Waals surface area contributed by atoms with Gasteiger partial charge in [-0.2, -0.15) is 0 Å². The van der Waals surface area contributed by atoms with Crippen molar-refractivity contribution in [3.63, 3.8) is 0 Å². The van der Waals surface area contributed by atoms with E-state index in [9.17, 15) is 0 Å². The molecule has 0 amide bonds. The third-order valence-corrected chi connectivity index (χ3v) is 1.90. The Morgan fingerprint density at radius 3 is 2.38 bits per heavy atom. The molecule has 78 valence electrons. The smallest absolute Gasteiger partial charge is 0.0184 e. The molecule has 0 rings (SSSR count). The maximum Gasteiger partial charge on any atom is 0.0184 e. The summed E-state index contributed by atoms with van der Waals surface area (Å²) in [6.07, 6.45) is 2.24. The first-order valence-corrected chi connectivity index (χ1v) is 4.93. The number of hydrogen-bond acceptors (Lipinski definition) is 2. The van der Waals surface area contributed by atoms with Gasteiger partial charge in [0.25, 0.3) is 0 Å². The van der Waals surface area contributed by atoms with Crippen LogP contribution in [0.4, 0.5) is 0 Å². The molecule has 0 unspecified atom stereocenters. The Morgan fingerprint density at radius 1 is 1.46 bits per heavy atom. The first-order chi connectivity index (χ1) is 5.81. The van der Waals surface area contributed by atoms with Crippen molar-refractivity contribution in [3.8, 4) is 0 Å². The lowest BCUT2D eigenvalue weighted by molar-refractivity contribution is 0.330. The van der Waals surface area contributed by atoms with Gasteiger partial charge in [-0.05, 0) is 47.2 Å². The average Bonchev–Trinajstić information content (AvgIpc) is 1.81. The molecule has 2 heteroatoms. The van der Waals surface area contributed by atoms with E-state index in [2.05, 4.69) is 39.3 Å². The van der Waals surface area contributed by atoms with Crippen LogP contribution in [0.25, 0.3) is 0 Å². The van der Waals surface area contributed by atoms with Crippen LogP contribution in [0.2, 0.25) is 0 Å². The highest BCUT2D eigenvalue weighted by atomic mass is 15.1. The maximum atomic E-state index is 5.89. The average molecular weight is 184 g/mol. The third kappa shape index (κ3) is 9.57. The van der Waals surface area contributed by atoms with E-state index in [0.29, 0.717) is 0 Å². The molecule has 0 aromatic heterocycles. The minimum Gasteiger partial charge on any atom is -0.326 e. The van der Waals surface area contributed by atoms with E-state index in [1.807, 2.05) is 0 Å². The molecule has 2 nitrogen and oxygen atoms in total. The number of rotatable bonds is 6. The molecule has 0 radical (unpaired) electrons. The van der Waals surface area contributed by atoms with Crippen molar-refractivity contribution in [2.45, 2.75) is 39.2 Å². The summed E-state index contributed by atoms with van der Waals surface area (Å²) in [7, 11) is 2.12. The largest absolute Gasteiger partial charge is 0.326 e. The van der Waals surface area contributed by atoms with Crippen molar-refractivity contribution in [3.05, 3.63) is 12.2 Å². The zero-order valence-electron chi connectivity index (χ0n) is 9.56. The minimum atomic E-state index is -0.0237. The normalized spacial score (nSPS) is 12.2. The van der Waals surface area contributed by atoms with Gasteiger partial charge in [-0.25, -0.2) is 0 Å².